The van der Waals surface area contributed by atoms with Crippen LogP contribution in [0.5, 0.6) is 5.75 Å². The second-order valence-electron chi connectivity index (χ2n) is 11.3. The van der Waals surface area contributed by atoms with E-state index in [2.05, 4.69) is 53.4 Å². The van der Waals surface area contributed by atoms with Crippen molar-refractivity contribution in [3.05, 3.63) is 89.8 Å². The minimum atomic E-state index is 0.485. The van der Waals surface area contributed by atoms with Gasteiger partial charge in [-0.2, -0.15) is 5.26 Å². The zero-order valence-corrected chi connectivity index (χ0v) is 25.1. The summed E-state index contributed by atoms with van der Waals surface area (Å²) in [5.41, 5.74) is 6.57. The van der Waals surface area contributed by atoms with Gasteiger partial charge in [0.15, 0.2) is 5.13 Å². The third kappa shape index (κ3) is 5.60. The van der Waals surface area contributed by atoms with E-state index in [1.54, 1.807) is 18.4 Å². The zero-order chi connectivity index (χ0) is 29.1. The van der Waals surface area contributed by atoms with Crippen molar-refractivity contribution in [2.45, 2.75) is 58.0 Å². The molecule has 1 fully saturated rings. The maximum Gasteiger partial charge on any atom is 0.185 e. The smallest absolute Gasteiger partial charge is 0.185 e. The Bertz CT molecular complexity index is 1690. The fourth-order valence-corrected chi connectivity index (χ4v) is 7.26. The summed E-state index contributed by atoms with van der Waals surface area (Å²) in [5, 5.41) is 13.3. The summed E-state index contributed by atoms with van der Waals surface area (Å²) in [6.45, 7) is 4.69. The molecule has 4 heterocycles. The van der Waals surface area contributed by atoms with Gasteiger partial charge in [0.2, 0.25) is 0 Å². The molecular formula is C35H35N5OS. The van der Waals surface area contributed by atoms with Gasteiger partial charge in [-0.1, -0.05) is 30.3 Å². The van der Waals surface area contributed by atoms with Crippen LogP contribution in [0.3, 0.4) is 0 Å². The van der Waals surface area contributed by atoms with Crippen molar-refractivity contribution in [3.8, 4) is 34.1 Å². The predicted octanol–water partition coefficient (Wildman–Crippen LogP) is 8.32. The van der Waals surface area contributed by atoms with E-state index in [1.165, 1.54) is 19.3 Å². The Morgan fingerprint density at radius 1 is 0.929 bits per heavy atom. The number of hydrogen-bond acceptors (Lipinski definition) is 7. The molecule has 0 radical (unpaired) electrons. The molecule has 3 atom stereocenters. The van der Waals surface area contributed by atoms with Crippen molar-refractivity contribution in [3.63, 3.8) is 0 Å². The largest absolute Gasteiger partial charge is 0.495 e. The molecule has 3 aromatic heterocycles. The van der Waals surface area contributed by atoms with Gasteiger partial charge in [0.05, 0.1) is 24.3 Å². The van der Waals surface area contributed by atoms with Gasteiger partial charge in [0.1, 0.15) is 5.75 Å². The van der Waals surface area contributed by atoms with Crippen LogP contribution in [0.2, 0.25) is 0 Å². The van der Waals surface area contributed by atoms with Crippen LogP contribution in [0.4, 0.5) is 5.13 Å². The molecule has 6 nitrogen and oxygen atoms in total. The first-order chi connectivity index (χ1) is 20.6. The van der Waals surface area contributed by atoms with E-state index in [9.17, 15) is 0 Å². The van der Waals surface area contributed by atoms with Gasteiger partial charge in [-0.25, -0.2) is 4.98 Å². The van der Waals surface area contributed by atoms with Gasteiger partial charge in [-0.3, -0.25) is 9.97 Å². The lowest BCUT2D eigenvalue weighted by atomic mass is 9.91. The van der Waals surface area contributed by atoms with Gasteiger partial charge in [0.25, 0.3) is 0 Å². The van der Waals surface area contributed by atoms with Crippen molar-refractivity contribution < 1.29 is 4.74 Å². The lowest BCUT2D eigenvalue weighted by Gasteiger charge is -2.32. The van der Waals surface area contributed by atoms with Crippen LogP contribution in [0, 0.1) is 17.2 Å². The van der Waals surface area contributed by atoms with Crippen molar-refractivity contribution in [1.29, 1.82) is 5.26 Å². The molecule has 7 heteroatoms. The van der Waals surface area contributed by atoms with E-state index in [0.717, 1.165) is 62.6 Å². The molecule has 0 N–H and O–H groups in total. The summed E-state index contributed by atoms with van der Waals surface area (Å²) < 4.78 is 5.94. The van der Waals surface area contributed by atoms with E-state index in [-0.39, 0.29) is 0 Å². The number of nitriles is 1. The Hall–Kier alpha value is -4.28. The lowest BCUT2D eigenvalue weighted by Crippen LogP contribution is -2.39. The number of fused-ring (bicyclic) bond motifs is 1. The molecule has 0 saturated carbocycles. The van der Waals surface area contributed by atoms with E-state index in [0.29, 0.717) is 23.6 Å². The number of hydrogen-bond donors (Lipinski definition) is 0. The van der Waals surface area contributed by atoms with E-state index in [4.69, 9.17) is 20.0 Å². The Morgan fingerprint density at radius 3 is 2.48 bits per heavy atom. The summed E-state index contributed by atoms with van der Waals surface area (Å²) in [6, 6.07) is 21.2. The molecule has 0 bridgehead atoms. The van der Waals surface area contributed by atoms with E-state index >= 15 is 0 Å². The topological polar surface area (TPSA) is 74.9 Å². The zero-order valence-electron chi connectivity index (χ0n) is 24.3. The molecule has 42 heavy (non-hydrogen) atoms. The first-order valence-electron chi connectivity index (χ1n) is 14.6. The summed E-state index contributed by atoms with van der Waals surface area (Å²) in [7, 11) is 1.71. The Kier molecular flexibility index (Phi) is 8.16. The lowest BCUT2D eigenvalue weighted by molar-refractivity contribution is 0.410. The number of ether oxygens (including phenoxy) is 1. The maximum atomic E-state index is 9.16. The summed E-state index contributed by atoms with van der Waals surface area (Å²) in [4.78, 5) is 16.9. The predicted molar refractivity (Wildman–Crippen MR) is 171 cm³/mol. The van der Waals surface area contributed by atoms with E-state index < -0.39 is 0 Å². The van der Waals surface area contributed by atoms with Gasteiger partial charge >= 0.3 is 0 Å². The van der Waals surface area contributed by atoms with Crippen LogP contribution < -0.4 is 9.64 Å². The van der Waals surface area contributed by atoms with Crippen LogP contribution in [0.15, 0.2) is 78.6 Å². The molecule has 0 amide bonds. The van der Waals surface area contributed by atoms with Gasteiger partial charge in [0, 0.05) is 63.8 Å². The third-order valence-corrected chi connectivity index (χ3v) is 9.36. The first kappa shape index (κ1) is 27.9. The summed E-state index contributed by atoms with van der Waals surface area (Å²) in [6.07, 6.45) is 11.5. The fraction of sp³-hybridized carbons (Fsp3) is 0.314. The second kappa shape index (κ2) is 12.3. The Labute approximate surface area is 251 Å². The molecule has 1 unspecified atom stereocenters. The van der Waals surface area contributed by atoms with Crippen LogP contribution in [0.25, 0.3) is 33.2 Å². The molecule has 0 spiro atoms. The molecule has 0 aliphatic carbocycles. The van der Waals surface area contributed by atoms with Gasteiger partial charge in [-0.05, 0) is 81.7 Å². The van der Waals surface area contributed by atoms with Crippen LogP contribution in [0.1, 0.15) is 50.8 Å². The standard InChI is InChI=1S/C35H35N5OS/c1-23-7-8-25(19-24(2)40(23)35-37-17-18-42-35)11-15-29-16-14-28(21-38-29)32-22-39-33-30(5-4-6-31(33)34(32)41-3)27-12-9-26(20-36)10-13-27/h4-6,9-10,12-14,16-18,21-25H,7-8,11,15,19H2,1-3H3/t23-,24+,25?/m1/s1. The number of methoxy groups -OCH3 is 1. The highest BCUT2D eigenvalue weighted by Gasteiger charge is 2.29. The first-order valence-corrected chi connectivity index (χ1v) is 15.5. The number of pyridine rings is 2. The van der Waals surface area contributed by atoms with Crippen LogP contribution in [-0.2, 0) is 6.42 Å². The minimum absolute atomic E-state index is 0.485. The molecule has 6 rings (SSSR count). The number of rotatable bonds is 7. The molecule has 1 aliphatic rings. The molecule has 212 valence electrons. The quantitative estimate of drug-likeness (QED) is 0.195. The number of thiazole rings is 1. The highest BCUT2D eigenvalue weighted by atomic mass is 32.1. The molecule has 1 saturated heterocycles. The maximum absolute atomic E-state index is 9.16. The minimum Gasteiger partial charge on any atom is -0.495 e. The molecule has 5 aromatic rings. The number of para-hydroxylation sites is 1. The van der Waals surface area contributed by atoms with Crippen molar-refractivity contribution >= 4 is 27.4 Å². The monoisotopic (exact) mass is 573 g/mol. The number of anilines is 1. The van der Waals surface area contributed by atoms with Crippen molar-refractivity contribution in [1.82, 2.24) is 15.0 Å². The summed E-state index contributed by atoms with van der Waals surface area (Å²) in [5.74, 6) is 1.47. The second-order valence-corrected chi connectivity index (χ2v) is 12.1. The SMILES string of the molecule is COc1c(-c2ccc(CCC3CC[C@@H](C)N(c4nccs4)[C@@H](C)C3)nc2)cnc2c(-c3ccc(C#N)cc3)cccc12. The molecule has 1 aliphatic heterocycles. The van der Waals surface area contributed by atoms with E-state index in [1.807, 2.05) is 55.0 Å². The van der Waals surface area contributed by atoms with Gasteiger partial charge in [-0.15, -0.1) is 11.3 Å². The fourth-order valence-electron chi connectivity index (χ4n) is 6.41. The number of aryl methyl sites for hydroxylation is 1. The highest BCUT2D eigenvalue weighted by molar-refractivity contribution is 7.13. The highest BCUT2D eigenvalue weighted by Crippen LogP contribution is 2.39. The van der Waals surface area contributed by atoms with Gasteiger partial charge < -0.3 is 9.64 Å². The van der Waals surface area contributed by atoms with Crippen LogP contribution >= 0.6 is 11.3 Å². The molecular weight excluding hydrogens is 538 g/mol. The number of benzene rings is 2. The number of nitrogens with zero attached hydrogens (tertiary/aromatic N) is 5. The summed E-state index contributed by atoms with van der Waals surface area (Å²) >= 11 is 1.74. The number of aromatic nitrogens is 3. The van der Waals surface area contributed by atoms with Crippen molar-refractivity contribution in [2.24, 2.45) is 5.92 Å². The third-order valence-electron chi connectivity index (χ3n) is 8.58. The van der Waals surface area contributed by atoms with Crippen LogP contribution in [-0.4, -0.2) is 34.1 Å². The Balaban J connectivity index is 1.18. The Morgan fingerprint density at radius 2 is 1.76 bits per heavy atom. The average molecular weight is 574 g/mol. The normalized spacial score (nSPS) is 18.9. The van der Waals surface area contributed by atoms with Crippen molar-refractivity contribution in [2.75, 3.05) is 12.0 Å². The average Bonchev–Trinajstić information content (AvgIpc) is 3.51. The molecule has 2 aromatic carbocycles.